The quantitative estimate of drug-likeness (QED) is 0.133. The third-order valence-electron chi connectivity index (χ3n) is 15.7. The number of nitrogens with zero attached hydrogens (tertiary/aromatic N) is 3. The normalized spacial score (nSPS) is 17.2. The highest BCUT2D eigenvalue weighted by atomic mass is 16.5. The third-order valence-corrected chi connectivity index (χ3v) is 15.7. The molecule has 11 rings (SSSR count). The maximum Gasteiger partial charge on any atom is 0.499 e. The molecule has 0 radical (unpaired) electrons. The van der Waals surface area contributed by atoms with Crippen LogP contribution in [0.2, 0.25) is 0 Å². The van der Waals surface area contributed by atoms with Crippen LogP contribution in [0.25, 0.3) is 72.7 Å². The Kier molecular flexibility index (Phi) is 7.55. The number of pyridine rings is 1. The van der Waals surface area contributed by atoms with E-state index in [9.17, 15) is 4.11 Å². The molecule has 2 aromatic heterocycles. The van der Waals surface area contributed by atoms with E-state index in [2.05, 4.69) is 151 Å². The lowest BCUT2D eigenvalue weighted by Gasteiger charge is -2.36. The third kappa shape index (κ3) is 5.68. The molecule has 0 aliphatic carbocycles. The largest absolute Gasteiger partial charge is 0.499 e. The highest BCUT2D eigenvalue weighted by molar-refractivity contribution is 5.98. The maximum atomic E-state index is 10.2. The van der Waals surface area contributed by atoms with Gasteiger partial charge in [-0.25, -0.2) is 0 Å². The van der Waals surface area contributed by atoms with E-state index in [1.165, 1.54) is 22.3 Å². The Morgan fingerprint density at radius 1 is 0.646 bits per heavy atom. The van der Waals surface area contributed by atoms with Crippen molar-refractivity contribution in [3.8, 4) is 67.5 Å². The van der Waals surface area contributed by atoms with Crippen molar-refractivity contribution in [1.29, 1.82) is 0 Å². The monoisotopic (exact) mass is 861 g/mol. The van der Waals surface area contributed by atoms with Crippen molar-refractivity contribution in [3.05, 3.63) is 167 Å². The summed E-state index contributed by atoms with van der Waals surface area (Å²) in [6.07, 6.45) is 3.79. The first-order valence-corrected chi connectivity index (χ1v) is 23.6. The van der Waals surface area contributed by atoms with E-state index in [4.69, 9.17) is 10.2 Å². The van der Waals surface area contributed by atoms with Crippen LogP contribution in [0.1, 0.15) is 131 Å². The molecule has 6 aromatic carbocycles. The lowest BCUT2D eigenvalue weighted by atomic mass is 9.68. The van der Waals surface area contributed by atoms with Gasteiger partial charge in [0.2, 0.25) is 5.69 Å². The van der Waals surface area contributed by atoms with Crippen molar-refractivity contribution in [2.75, 3.05) is 0 Å². The van der Waals surface area contributed by atoms with Crippen LogP contribution in [0.3, 0.4) is 0 Å². The van der Waals surface area contributed by atoms with Crippen molar-refractivity contribution in [2.45, 2.75) is 124 Å². The van der Waals surface area contributed by atoms with Gasteiger partial charge in [0.25, 0.3) is 0 Å². The molecule has 0 saturated carbocycles. The van der Waals surface area contributed by atoms with Gasteiger partial charge in [-0.15, -0.1) is 9.13 Å². The first-order valence-electron chi connectivity index (χ1n) is 27.1. The van der Waals surface area contributed by atoms with Crippen LogP contribution in [-0.2, 0) is 22.1 Å². The molecule has 326 valence electrons. The van der Waals surface area contributed by atoms with Crippen LogP contribution in [0.5, 0.6) is 5.75 Å². The smallest absolute Gasteiger partial charge is 0.392 e. The van der Waals surface area contributed by atoms with Gasteiger partial charge in [-0.3, -0.25) is 0 Å². The average molecular weight is 861 g/mol. The molecule has 8 aromatic rings. The Morgan fingerprint density at radius 2 is 1.29 bits per heavy atom. The number of hydrogen-bond acceptors (Lipinski definition) is 1. The summed E-state index contributed by atoms with van der Waals surface area (Å²) in [6.45, 7) is 24.2. The number of fused-ring (bicyclic) bond motifs is 5. The number of benzene rings is 6. The molecule has 4 nitrogen and oxygen atoms in total. The molecule has 0 amide bonds. The van der Waals surface area contributed by atoms with E-state index < -0.39 is 5.85 Å². The van der Waals surface area contributed by atoms with Crippen LogP contribution in [0.15, 0.2) is 133 Å². The minimum absolute atomic E-state index is 0.0240. The molecule has 0 N–H and O–H groups in total. The zero-order valence-electron chi connectivity index (χ0n) is 46.7. The van der Waals surface area contributed by atoms with Crippen LogP contribution in [0, 0.1) is 13.8 Å². The van der Waals surface area contributed by atoms with E-state index >= 15 is 0 Å². The predicted molar refractivity (Wildman–Crippen MR) is 268 cm³/mol. The fourth-order valence-corrected chi connectivity index (χ4v) is 11.1. The average Bonchev–Trinajstić information content (AvgIpc) is 3.88. The molecular formula is C61H63N3O+2. The van der Waals surface area contributed by atoms with Gasteiger partial charge in [0.1, 0.15) is 23.9 Å². The van der Waals surface area contributed by atoms with Crippen LogP contribution in [0.4, 0.5) is 0 Å². The standard InChI is InChI=1S/C61H63N3O/c1-12-59(10,13-2)48-22-19-23-49(60(11,14-3)15-4)54(48)42-30-31-50(39(6)34-42)63-51-24-18-21-44-46-36-43(58(7,8)9)37-47-52-35-41(40-28-26-38(5)27-29-40)32-33-62(52)61(55(46)47)64(56(44)51)57(63)45-20-16-17-25-53(45)65-61/h16-37H,12-15H2,1-11H3/q+2/i26D,27D,28D,29D,32D,33D,35D. The van der Waals surface area contributed by atoms with Crippen LogP contribution >= 0.6 is 0 Å². The summed E-state index contributed by atoms with van der Waals surface area (Å²) in [6, 6.07) is 30.9. The Hall–Kier alpha value is -6.26. The van der Waals surface area contributed by atoms with Crippen molar-refractivity contribution in [1.82, 2.24) is 4.57 Å². The molecule has 1 spiro atoms. The Bertz CT molecular complexity index is 3620. The second kappa shape index (κ2) is 14.4. The molecule has 1 unspecified atom stereocenters. The fourth-order valence-electron chi connectivity index (χ4n) is 11.1. The molecule has 0 saturated heterocycles. The van der Waals surface area contributed by atoms with Crippen LogP contribution in [-0.4, -0.2) is 4.57 Å². The molecule has 0 fully saturated rings. The second-order valence-corrected chi connectivity index (χ2v) is 20.3. The van der Waals surface area contributed by atoms with Gasteiger partial charge in [0.15, 0.2) is 17.2 Å². The molecule has 4 heteroatoms. The Morgan fingerprint density at radius 3 is 1.95 bits per heavy atom. The summed E-state index contributed by atoms with van der Waals surface area (Å²) < 4.78 is 79.8. The van der Waals surface area contributed by atoms with Gasteiger partial charge < -0.3 is 4.74 Å². The van der Waals surface area contributed by atoms with Crippen molar-refractivity contribution in [3.63, 3.8) is 0 Å². The number of rotatable bonds is 9. The predicted octanol–water partition coefficient (Wildman–Crippen LogP) is 14.8. The lowest BCUT2D eigenvalue weighted by Crippen LogP contribution is -2.78. The molecule has 65 heavy (non-hydrogen) atoms. The highest BCUT2D eigenvalue weighted by Crippen LogP contribution is 2.55. The van der Waals surface area contributed by atoms with Gasteiger partial charge in [-0.1, -0.05) is 135 Å². The molecule has 3 aliphatic rings. The van der Waals surface area contributed by atoms with E-state index in [0.29, 0.717) is 17.0 Å². The van der Waals surface area contributed by atoms with E-state index in [1.807, 2.05) is 18.2 Å². The zero-order valence-corrected chi connectivity index (χ0v) is 39.7. The molecule has 1 atom stereocenters. The number of hydrogen-bond donors (Lipinski definition) is 0. The highest BCUT2D eigenvalue weighted by Gasteiger charge is 2.68. The summed E-state index contributed by atoms with van der Waals surface area (Å²) in [5.74, 6) is -0.244. The van der Waals surface area contributed by atoms with E-state index in [-0.39, 0.29) is 75.4 Å². The second-order valence-electron chi connectivity index (χ2n) is 20.3. The summed E-state index contributed by atoms with van der Waals surface area (Å²) >= 11 is 0. The molecule has 5 heterocycles. The first-order chi connectivity index (χ1) is 34.1. The Balaban J connectivity index is 1.27. The topological polar surface area (TPSA) is 21.9 Å². The number of ether oxygens (including phenoxy) is 1. The summed E-state index contributed by atoms with van der Waals surface area (Å²) in [5.41, 5.74) is 14.0. The van der Waals surface area contributed by atoms with Crippen molar-refractivity contribution >= 4 is 11.0 Å². The maximum absolute atomic E-state index is 10.2. The number of para-hydroxylation sites is 2. The number of aromatic nitrogens is 3. The summed E-state index contributed by atoms with van der Waals surface area (Å²) in [7, 11) is 0. The van der Waals surface area contributed by atoms with Crippen LogP contribution < -0.4 is 13.9 Å². The van der Waals surface area contributed by atoms with E-state index in [1.54, 1.807) is 11.5 Å². The van der Waals surface area contributed by atoms with Gasteiger partial charge in [0, 0.05) is 23.2 Å². The fraction of sp³-hybridized carbons (Fsp3) is 0.311. The SMILES string of the molecule is [2H]c1c([2H])c(-c2c([2H])c([2H])[n+]3c(c2[2H])-c2cc(C(C)(C)C)cc4c2C32Oc3ccccc3-c3n(-c5ccc(-c6c(C(C)(CC)CC)cccc6C(C)(CC)CC)cc5C)c5cccc-4c5[n+]32)c([2H])c([2H])c1C. The van der Waals surface area contributed by atoms with Gasteiger partial charge in [-0.05, 0) is 149 Å². The van der Waals surface area contributed by atoms with Crippen molar-refractivity contribution < 1.29 is 23.5 Å². The molecular weight excluding hydrogens is 791 g/mol. The van der Waals surface area contributed by atoms with Gasteiger partial charge in [-0.2, -0.15) is 4.57 Å². The molecule has 3 aliphatic heterocycles. The number of aryl methyl sites for hydroxylation is 1. The first kappa shape index (κ1) is 34.1. The summed E-state index contributed by atoms with van der Waals surface area (Å²) in [4.78, 5) is 0. The minimum Gasteiger partial charge on any atom is -0.392 e. The van der Waals surface area contributed by atoms with E-state index in [0.717, 1.165) is 81.6 Å². The zero-order chi connectivity index (χ0) is 51.5. The van der Waals surface area contributed by atoms with Gasteiger partial charge >= 0.3 is 11.7 Å². The molecule has 0 bridgehead atoms. The Labute approximate surface area is 396 Å². The summed E-state index contributed by atoms with van der Waals surface area (Å²) in [5, 5.41) is 0. The number of imidazole rings is 1. The minimum atomic E-state index is -1.64. The van der Waals surface area contributed by atoms with Crippen molar-refractivity contribution in [2.24, 2.45) is 0 Å². The van der Waals surface area contributed by atoms with Gasteiger partial charge in [0.05, 0.1) is 13.8 Å². The lowest BCUT2D eigenvalue weighted by molar-refractivity contribution is -0.997.